The average Bonchev–Trinajstić information content (AvgIpc) is 2.81. The highest BCUT2D eigenvalue weighted by Gasteiger charge is 2.25. The van der Waals surface area contributed by atoms with E-state index in [4.69, 9.17) is 0 Å². The number of aliphatic hydroxyl groups excluding tert-OH is 1. The third-order valence-electron chi connectivity index (χ3n) is 2.62. The molecule has 6 nitrogen and oxygen atoms in total. The van der Waals surface area contributed by atoms with Gasteiger partial charge in [-0.2, -0.15) is 5.10 Å². The smallest absolute Gasteiger partial charge is 0.269 e. The van der Waals surface area contributed by atoms with Crippen LogP contribution >= 0.6 is 12.4 Å². The van der Waals surface area contributed by atoms with Crippen molar-refractivity contribution in [3.05, 3.63) is 36.2 Å². The Morgan fingerprint density at radius 3 is 2.89 bits per heavy atom. The van der Waals surface area contributed by atoms with Crippen LogP contribution in [0.15, 0.2) is 30.5 Å². The maximum atomic E-state index is 11.6. The second-order valence-electron chi connectivity index (χ2n) is 3.77. The van der Waals surface area contributed by atoms with E-state index < -0.39 is 6.23 Å². The first-order valence-electron chi connectivity index (χ1n) is 5.23. The summed E-state index contributed by atoms with van der Waals surface area (Å²) in [5.41, 5.74) is 1.61. The van der Waals surface area contributed by atoms with Crippen LogP contribution in [0.2, 0.25) is 0 Å². The molecule has 0 fully saturated rings. The molecule has 0 radical (unpaired) electrons. The minimum atomic E-state index is -0.819. The van der Waals surface area contributed by atoms with E-state index in [1.165, 1.54) is 4.68 Å². The fraction of sp³-hybridized carbons (Fsp3) is 0.182. The summed E-state index contributed by atoms with van der Waals surface area (Å²) in [7, 11) is 0. The van der Waals surface area contributed by atoms with E-state index in [0.717, 1.165) is 0 Å². The van der Waals surface area contributed by atoms with Gasteiger partial charge in [-0.1, -0.05) is 6.07 Å². The van der Waals surface area contributed by atoms with Gasteiger partial charge in [0.2, 0.25) is 0 Å². The number of nitrogens with zero attached hydrogens (tertiary/aromatic N) is 3. The van der Waals surface area contributed by atoms with Gasteiger partial charge >= 0.3 is 0 Å². The van der Waals surface area contributed by atoms with Gasteiger partial charge in [-0.05, 0) is 18.2 Å². The molecule has 0 aromatic carbocycles. The summed E-state index contributed by atoms with van der Waals surface area (Å²) < 4.78 is 1.32. The van der Waals surface area contributed by atoms with Gasteiger partial charge in [0, 0.05) is 6.20 Å². The minimum Gasteiger partial charge on any atom is -0.370 e. The summed E-state index contributed by atoms with van der Waals surface area (Å²) in [5.74, 6) is -0.231. The van der Waals surface area contributed by atoms with E-state index in [-0.39, 0.29) is 24.9 Å². The Kier molecular flexibility index (Phi) is 3.31. The van der Waals surface area contributed by atoms with Crippen molar-refractivity contribution in [3.8, 4) is 11.4 Å². The van der Waals surface area contributed by atoms with E-state index in [1.54, 1.807) is 24.4 Å². The highest BCUT2D eigenvalue weighted by molar-refractivity contribution is 5.94. The average molecular weight is 267 g/mol. The lowest BCUT2D eigenvalue weighted by Gasteiger charge is -2.19. The lowest BCUT2D eigenvalue weighted by Crippen LogP contribution is -2.39. The second-order valence-corrected chi connectivity index (χ2v) is 3.77. The molecule has 94 valence electrons. The van der Waals surface area contributed by atoms with Crippen molar-refractivity contribution in [2.24, 2.45) is 0 Å². The van der Waals surface area contributed by atoms with Gasteiger partial charge in [0.25, 0.3) is 5.91 Å². The molecule has 1 atom stereocenters. The summed E-state index contributed by atoms with van der Waals surface area (Å²) in [6.07, 6.45) is 0.838. The van der Waals surface area contributed by atoms with Crippen LogP contribution in [0, 0.1) is 0 Å². The standard InChI is InChI=1S/C11H10N4O2.ClH/c16-10-6-13-11(17)9-5-8(14-15(9)10)7-3-1-2-4-12-7;/h1-5,10,16H,6H2,(H,13,17);1H. The summed E-state index contributed by atoms with van der Waals surface area (Å²) in [5, 5.41) is 16.5. The van der Waals surface area contributed by atoms with E-state index in [9.17, 15) is 9.90 Å². The molecule has 2 aromatic rings. The molecule has 0 aliphatic carbocycles. The number of halogens is 1. The van der Waals surface area contributed by atoms with Crippen molar-refractivity contribution in [3.63, 3.8) is 0 Å². The number of nitrogens with one attached hydrogen (secondary N) is 1. The van der Waals surface area contributed by atoms with Crippen LogP contribution in [0.5, 0.6) is 0 Å². The molecule has 2 aromatic heterocycles. The van der Waals surface area contributed by atoms with Gasteiger partial charge in [-0.3, -0.25) is 9.78 Å². The number of rotatable bonds is 1. The quantitative estimate of drug-likeness (QED) is 0.792. The topological polar surface area (TPSA) is 80.0 Å². The number of aromatic nitrogens is 3. The summed E-state index contributed by atoms with van der Waals surface area (Å²) in [6, 6.07) is 7.08. The predicted octanol–water partition coefficient (Wildman–Crippen LogP) is 0.601. The molecule has 1 aliphatic rings. The van der Waals surface area contributed by atoms with E-state index in [1.807, 2.05) is 6.07 Å². The Labute approximate surface area is 109 Å². The predicted molar refractivity (Wildman–Crippen MR) is 66.3 cm³/mol. The van der Waals surface area contributed by atoms with Crippen molar-refractivity contribution >= 4 is 18.3 Å². The van der Waals surface area contributed by atoms with Gasteiger partial charge in [-0.25, -0.2) is 4.68 Å². The Morgan fingerprint density at radius 1 is 1.39 bits per heavy atom. The molecule has 7 heteroatoms. The van der Waals surface area contributed by atoms with Crippen LogP contribution in [0.4, 0.5) is 0 Å². The third kappa shape index (κ3) is 1.96. The Morgan fingerprint density at radius 2 is 2.22 bits per heavy atom. The van der Waals surface area contributed by atoms with Crippen molar-refractivity contribution < 1.29 is 9.90 Å². The second kappa shape index (κ2) is 4.75. The van der Waals surface area contributed by atoms with Crippen LogP contribution in [0.25, 0.3) is 11.4 Å². The van der Waals surface area contributed by atoms with Gasteiger partial charge in [-0.15, -0.1) is 12.4 Å². The summed E-state index contributed by atoms with van der Waals surface area (Å²) in [4.78, 5) is 15.7. The molecule has 0 saturated carbocycles. The molecule has 0 bridgehead atoms. The zero-order valence-corrected chi connectivity index (χ0v) is 10.1. The molecule has 18 heavy (non-hydrogen) atoms. The van der Waals surface area contributed by atoms with E-state index in [2.05, 4.69) is 15.4 Å². The summed E-state index contributed by atoms with van der Waals surface area (Å²) >= 11 is 0. The molecule has 1 amide bonds. The highest BCUT2D eigenvalue weighted by Crippen LogP contribution is 2.20. The van der Waals surface area contributed by atoms with Gasteiger partial charge in [0.1, 0.15) is 11.4 Å². The monoisotopic (exact) mass is 266 g/mol. The molecule has 3 heterocycles. The van der Waals surface area contributed by atoms with Gasteiger partial charge in [0.15, 0.2) is 6.23 Å². The Hall–Kier alpha value is -1.92. The number of pyridine rings is 1. The zero-order valence-electron chi connectivity index (χ0n) is 9.28. The number of fused-ring (bicyclic) bond motifs is 1. The lowest BCUT2D eigenvalue weighted by atomic mass is 10.2. The maximum Gasteiger partial charge on any atom is 0.269 e. The zero-order chi connectivity index (χ0) is 11.8. The molecular weight excluding hydrogens is 256 g/mol. The molecular formula is C11H11ClN4O2. The first-order valence-corrected chi connectivity index (χ1v) is 5.23. The Bertz CT molecular complexity index is 570. The number of hydrogen-bond donors (Lipinski definition) is 2. The molecule has 0 spiro atoms. The van der Waals surface area contributed by atoms with Gasteiger partial charge < -0.3 is 10.4 Å². The number of aliphatic hydroxyl groups is 1. The van der Waals surface area contributed by atoms with Crippen molar-refractivity contribution in [1.29, 1.82) is 0 Å². The van der Waals surface area contributed by atoms with Crippen LogP contribution in [0.1, 0.15) is 16.7 Å². The third-order valence-corrected chi connectivity index (χ3v) is 2.62. The fourth-order valence-electron chi connectivity index (χ4n) is 1.79. The van der Waals surface area contributed by atoms with Crippen LogP contribution in [0.3, 0.4) is 0 Å². The van der Waals surface area contributed by atoms with Crippen molar-refractivity contribution in [2.45, 2.75) is 6.23 Å². The van der Waals surface area contributed by atoms with Crippen LogP contribution < -0.4 is 5.32 Å². The number of hydrogen-bond acceptors (Lipinski definition) is 4. The lowest BCUT2D eigenvalue weighted by molar-refractivity contribution is 0.0594. The molecule has 1 aliphatic heterocycles. The number of amides is 1. The first-order chi connectivity index (χ1) is 8.25. The molecule has 3 rings (SSSR count). The highest BCUT2D eigenvalue weighted by atomic mass is 35.5. The SMILES string of the molecule is Cl.O=C1NCC(O)n2nc(-c3ccccn3)cc21. The van der Waals surface area contributed by atoms with Gasteiger partial charge in [0.05, 0.1) is 12.2 Å². The first kappa shape index (κ1) is 12.5. The maximum absolute atomic E-state index is 11.6. The van der Waals surface area contributed by atoms with Crippen molar-refractivity contribution in [1.82, 2.24) is 20.1 Å². The van der Waals surface area contributed by atoms with Crippen molar-refractivity contribution in [2.75, 3.05) is 6.54 Å². The van der Waals surface area contributed by atoms with Crippen LogP contribution in [-0.2, 0) is 0 Å². The number of carbonyl (C=O) groups excluding carboxylic acids is 1. The normalized spacial score (nSPS) is 17.6. The number of β-amino-alcohol motifs (C(OH)–C–C–N with tert-alkyl or cyclic N) is 1. The van der Waals surface area contributed by atoms with E-state index >= 15 is 0 Å². The minimum absolute atomic E-state index is 0. The molecule has 1 unspecified atom stereocenters. The van der Waals surface area contributed by atoms with Crippen LogP contribution in [-0.4, -0.2) is 32.3 Å². The Balaban J connectivity index is 0.00000120. The number of carbonyl (C=O) groups is 1. The fourth-order valence-corrected chi connectivity index (χ4v) is 1.79. The summed E-state index contributed by atoms with van der Waals surface area (Å²) in [6.45, 7) is 0.176. The largest absolute Gasteiger partial charge is 0.370 e. The molecule has 2 N–H and O–H groups in total. The van der Waals surface area contributed by atoms with E-state index in [0.29, 0.717) is 17.1 Å². The molecule has 0 saturated heterocycles.